The maximum absolute atomic E-state index is 10.6. The number of methoxy groups -OCH3 is 1. The largest absolute Gasteiger partial charge is 0.481 e. The Kier molecular flexibility index (Phi) is 2.55. The number of hydrogen-bond donors (Lipinski definition) is 1. The standard InChI is InChI=1S/C10H8N2O4/c1-15-9-4-6(2-3-11-9)7-5-8(10(13)14)16-12-7/h2-5H,1H3,(H,13,14). The van der Waals surface area contributed by atoms with E-state index in [1.807, 2.05) is 0 Å². The molecule has 2 rings (SSSR count). The van der Waals surface area contributed by atoms with E-state index in [-0.39, 0.29) is 5.76 Å². The molecule has 0 bridgehead atoms. The lowest BCUT2D eigenvalue weighted by molar-refractivity contribution is 0.0652. The molecule has 0 atom stereocenters. The van der Waals surface area contributed by atoms with Gasteiger partial charge in [-0.05, 0) is 6.07 Å². The molecule has 6 nitrogen and oxygen atoms in total. The van der Waals surface area contributed by atoms with E-state index in [1.54, 1.807) is 18.3 Å². The monoisotopic (exact) mass is 220 g/mol. The number of rotatable bonds is 3. The molecule has 0 spiro atoms. The topological polar surface area (TPSA) is 85.5 Å². The quantitative estimate of drug-likeness (QED) is 0.842. The number of pyridine rings is 1. The molecule has 2 aromatic rings. The van der Waals surface area contributed by atoms with E-state index in [2.05, 4.69) is 14.7 Å². The first-order chi connectivity index (χ1) is 7.70. The van der Waals surface area contributed by atoms with Crippen LogP contribution in [-0.2, 0) is 0 Å². The highest BCUT2D eigenvalue weighted by atomic mass is 16.5. The number of nitrogens with zero attached hydrogens (tertiary/aromatic N) is 2. The summed E-state index contributed by atoms with van der Waals surface area (Å²) in [5.74, 6) is -0.928. The Hall–Kier alpha value is -2.37. The summed E-state index contributed by atoms with van der Waals surface area (Å²) in [7, 11) is 1.50. The Bertz CT molecular complexity index is 521. The Labute approximate surface area is 90.5 Å². The summed E-state index contributed by atoms with van der Waals surface area (Å²) in [5, 5.41) is 12.3. The van der Waals surface area contributed by atoms with Crippen LogP contribution in [0.3, 0.4) is 0 Å². The number of carboxylic acid groups (broad SMARTS) is 1. The number of aromatic nitrogens is 2. The molecule has 6 heteroatoms. The first kappa shape index (κ1) is 10.2. The first-order valence-electron chi connectivity index (χ1n) is 4.41. The highest BCUT2D eigenvalue weighted by Crippen LogP contribution is 2.21. The lowest BCUT2D eigenvalue weighted by Gasteiger charge is -1.99. The average Bonchev–Trinajstić information content (AvgIpc) is 2.78. The van der Waals surface area contributed by atoms with Crippen LogP contribution in [0.4, 0.5) is 0 Å². The molecule has 0 aliphatic carbocycles. The van der Waals surface area contributed by atoms with Crippen molar-refractivity contribution in [3.8, 4) is 17.1 Å². The third-order valence-electron chi connectivity index (χ3n) is 1.96. The molecule has 2 aromatic heterocycles. The van der Waals surface area contributed by atoms with Gasteiger partial charge in [-0.1, -0.05) is 5.16 Å². The molecule has 0 aromatic carbocycles. The predicted octanol–water partition coefficient (Wildman–Crippen LogP) is 1.44. The van der Waals surface area contributed by atoms with E-state index in [4.69, 9.17) is 9.84 Å². The molecule has 16 heavy (non-hydrogen) atoms. The summed E-state index contributed by atoms with van der Waals surface area (Å²) in [5.41, 5.74) is 1.11. The smallest absolute Gasteiger partial charge is 0.374 e. The minimum atomic E-state index is -1.15. The Morgan fingerprint density at radius 1 is 1.50 bits per heavy atom. The van der Waals surface area contributed by atoms with Crippen LogP contribution in [0.1, 0.15) is 10.6 Å². The molecule has 2 heterocycles. The molecule has 0 aliphatic heterocycles. The maximum atomic E-state index is 10.6. The molecule has 0 radical (unpaired) electrons. The molecule has 0 unspecified atom stereocenters. The normalized spacial score (nSPS) is 10.1. The van der Waals surface area contributed by atoms with E-state index in [0.717, 1.165) is 0 Å². The summed E-state index contributed by atoms with van der Waals surface area (Å²) in [6, 6.07) is 4.67. The third kappa shape index (κ3) is 1.85. The molecule has 82 valence electrons. The van der Waals surface area contributed by atoms with Crippen molar-refractivity contribution in [3.05, 3.63) is 30.2 Å². The second-order valence-electron chi connectivity index (χ2n) is 2.97. The van der Waals surface area contributed by atoms with Crippen molar-refractivity contribution >= 4 is 5.97 Å². The predicted molar refractivity (Wildman–Crippen MR) is 53.2 cm³/mol. The third-order valence-corrected chi connectivity index (χ3v) is 1.96. The van der Waals surface area contributed by atoms with Crippen molar-refractivity contribution < 1.29 is 19.2 Å². The molecule has 0 aliphatic rings. The number of carboxylic acids is 1. The molecular weight excluding hydrogens is 212 g/mol. The van der Waals surface area contributed by atoms with Gasteiger partial charge in [0.2, 0.25) is 11.6 Å². The second kappa shape index (κ2) is 4.01. The van der Waals surface area contributed by atoms with Crippen LogP contribution in [0, 0.1) is 0 Å². The van der Waals surface area contributed by atoms with E-state index < -0.39 is 5.97 Å². The van der Waals surface area contributed by atoms with Crippen LogP contribution in [0.15, 0.2) is 28.9 Å². The molecule has 0 saturated carbocycles. The van der Waals surface area contributed by atoms with Crippen molar-refractivity contribution in [1.82, 2.24) is 10.1 Å². The second-order valence-corrected chi connectivity index (χ2v) is 2.97. The maximum Gasteiger partial charge on any atom is 0.374 e. The highest BCUT2D eigenvalue weighted by molar-refractivity contribution is 5.85. The van der Waals surface area contributed by atoms with Gasteiger partial charge in [-0.15, -0.1) is 0 Å². The number of carbonyl (C=O) groups is 1. The van der Waals surface area contributed by atoms with Crippen LogP contribution in [0.5, 0.6) is 5.88 Å². The fourth-order valence-electron chi connectivity index (χ4n) is 1.19. The highest BCUT2D eigenvalue weighted by Gasteiger charge is 2.12. The lowest BCUT2D eigenvalue weighted by Crippen LogP contribution is -1.91. The zero-order valence-electron chi connectivity index (χ0n) is 8.38. The summed E-state index contributed by atoms with van der Waals surface area (Å²) in [6.07, 6.45) is 1.54. The zero-order valence-corrected chi connectivity index (χ0v) is 8.38. The lowest BCUT2D eigenvalue weighted by atomic mass is 10.2. The summed E-state index contributed by atoms with van der Waals surface area (Å²) in [6.45, 7) is 0. The zero-order chi connectivity index (χ0) is 11.5. The van der Waals surface area contributed by atoms with Crippen molar-refractivity contribution in [2.24, 2.45) is 0 Å². The van der Waals surface area contributed by atoms with Gasteiger partial charge in [0.25, 0.3) is 0 Å². The summed E-state index contributed by atoms with van der Waals surface area (Å²) < 4.78 is 9.59. The van der Waals surface area contributed by atoms with Gasteiger partial charge in [0, 0.05) is 23.9 Å². The van der Waals surface area contributed by atoms with Crippen molar-refractivity contribution in [2.75, 3.05) is 7.11 Å². The van der Waals surface area contributed by atoms with Crippen LogP contribution < -0.4 is 4.74 Å². The van der Waals surface area contributed by atoms with Crippen LogP contribution in [-0.4, -0.2) is 28.3 Å². The van der Waals surface area contributed by atoms with E-state index in [9.17, 15) is 4.79 Å². The summed E-state index contributed by atoms with van der Waals surface area (Å²) in [4.78, 5) is 14.5. The number of aromatic carboxylic acids is 1. The fraction of sp³-hybridized carbons (Fsp3) is 0.100. The van der Waals surface area contributed by atoms with Gasteiger partial charge in [0.1, 0.15) is 5.69 Å². The van der Waals surface area contributed by atoms with Crippen molar-refractivity contribution in [2.45, 2.75) is 0 Å². The van der Waals surface area contributed by atoms with E-state index in [1.165, 1.54) is 13.2 Å². The van der Waals surface area contributed by atoms with Gasteiger partial charge in [-0.2, -0.15) is 0 Å². The molecule has 0 fully saturated rings. The van der Waals surface area contributed by atoms with Gasteiger partial charge in [0.05, 0.1) is 7.11 Å². The van der Waals surface area contributed by atoms with Crippen molar-refractivity contribution in [1.29, 1.82) is 0 Å². The Balaban J connectivity index is 2.38. The number of hydrogen-bond acceptors (Lipinski definition) is 5. The molecule has 0 saturated heterocycles. The average molecular weight is 220 g/mol. The van der Waals surface area contributed by atoms with Crippen LogP contribution in [0.25, 0.3) is 11.3 Å². The van der Waals surface area contributed by atoms with E-state index in [0.29, 0.717) is 17.1 Å². The molecule has 0 amide bonds. The van der Waals surface area contributed by atoms with Gasteiger partial charge in [-0.3, -0.25) is 0 Å². The Morgan fingerprint density at radius 3 is 2.94 bits per heavy atom. The molecular formula is C10H8N2O4. The van der Waals surface area contributed by atoms with E-state index >= 15 is 0 Å². The van der Waals surface area contributed by atoms with Gasteiger partial charge < -0.3 is 14.4 Å². The SMILES string of the molecule is COc1cc(-c2cc(C(=O)O)on2)ccn1. The van der Waals surface area contributed by atoms with Gasteiger partial charge in [-0.25, -0.2) is 9.78 Å². The minimum Gasteiger partial charge on any atom is -0.481 e. The number of ether oxygens (including phenoxy) is 1. The summed E-state index contributed by atoms with van der Waals surface area (Å²) >= 11 is 0. The fourth-order valence-corrected chi connectivity index (χ4v) is 1.19. The molecule has 1 N–H and O–H groups in total. The minimum absolute atomic E-state index is 0.203. The van der Waals surface area contributed by atoms with Gasteiger partial charge in [0.15, 0.2) is 0 Å². The van der Waals surface area contributed by atoms with Crippen molar-refractivity contribution in [3.63, 3.8) is 0 Å². The van der Waals surface area contributed by atoms with Gasteiger partial charge >= 0.3 is 5.97 Å². The first-order valence-corrected chi connectivity index (χ1v) is 4.41. The Morgan fingerprint density at radius 2 is 2.31 bits per heavy atom. The van der Waals surface area contributed by atoms with Crippen LogP contribution >= 0.6 is 0 Å². The van der Waals surface area contributed by atoms with Crippen LogP contribution in [0.2, 0.25) is 0 Å².